The van der Waals surface area contributed by atoms with Gasteiger partial charge in [-0.15, -0.1) is 0 Å². The van der Waals surface area contributed by atoms with Gasteiger partial charge in [0, 0.05) is 6.20 Å². The second kappa shape index (κ2) is 4.89. The van der Waals surface area contributed by atoms with E-state index in [1.54, 1.807) is 0 Å². The number of imidazole rings is 1. The van der Waals surface area contributed by atoms with Crippen molar-refractivity contribution >= 4 is 11.9 Å². The molecule has 7 nitrogen and oxygen atoms in total. The first kappa shape index (κ1) is 14.5. The van der Waals surface area contributed by atoms with Crippen molar-refractivity contribution in [1.29, 1.82) is 0 Å². The number of aromatic nitrogens is 3. The number of alkyl halides is 3. The van der Waals surface area contributed by atoms with Crippen LogP contribution in [0.2, 0.25) is 0 Å². The minimum atomic E-state index is -4.72. The van der Waals surface area contributed by atoms with Gasteiger partial charge in [0.25, 0.3) is 5.91 Å². The number of carbonyl (C=O) groups excluding carboxylic acids is 1. The van der Waals surface area contributed by atoms with E-state index in [0.717, 1.165) is 23.2 Å². The molecule has 2 aromatic rings. The summed E-state index contributed by atoms with van der Waals surface area (Å²) in [7, 11) is 0. The molecule has 2 heterocycles. The second-order valence-electron chi connectivity index (χ2n) is 3.90. The van der Waals surface area contributed by atoms with Crippen LogP contribution < -0.4 is 5.73 Å². The number of nitrogens with zero attached hydrogens (tertiary/aromatic N) is 3. The van der Waals surface area contributed by atoms with Crippen molar-refractivity contribution in [3.8, 4) is 5.82 Å². The normalized spacial score (nSPS) is 11.4. The Morgan fingerprint density at radius 2 is 1.95 bits per heavy atom. The van der Waals surface area contributed by atoms with E-state index in [4.69, 9.17) is 10.8 Å². The van der Waals surface area contributed by atoms with Crippen molar-refractivity contribution in [2.24, 2.45) is 5.73 Å². The van der Waals surface area contributed by atoms with E-state index in [2.05, 4.69) is 9.97 Å². The summed E-state index contributed by atoms with van der Waals surface area (Å²) in [5, 5.41) is 8.74. The topological polar surface area (TPSA) is 111 Å². The van der Waals surface area contributed by atoms with Crippen LogP contribution in [0.15, 0.2) is 24.7 Å². The zero-order valence-electron chi connectivity index (χ0n) is 10.1. The van der Waals surface area contributed by atoms with Crippen LogP contribution >= 0.6 is 0 Å². The zero-order valence-corrected chi connectivity index (χ0v) is 10.1. The molecule has 0 aromatic carbocycles. The Balaban J connectivity index is 2.62. The Morgan fingerprint density at radius 1 is 1.29 bits per heavy atom. The standard InChI is InChI=1S/C11H7F3N4O3/c12-11(13,14)7-2-1-5(8(15)19)9(17-7)18-3-6(10(20)21)16-4-18/h1-4H,(H2,15,19)(H,20,21). The molecule has 10 heteroatoms. The number of rotatable bonds is 3. The first-order chi connectivity index (χ1) is 9.70. The smallest absolute Gasteiger partial charge is 0.433 e. The lowest BCUT2D eigenvalue weighted by molar-refractivity contribution is -0.141. The highest BCUT2D eigenvalue weighted by Gasteiger charge is 2.33. The number of amides is 1. The fourth-order valence-electron chi connectivity index (χ4n) is 1.54. The number of hydrogen-bond acceptors (Lipinski definition) is 4. The summed E-state index contributed by atoms with van der Waals surface area (Å²) >= 11 is 0. The van der Waals surface area contributed by atoms with Crippen molar-refractivity contribution in [2.45, 2.75) is 6.18 Å². The minimum absolute atomic E-state index is 0.294. The predicted molar refractivity (Wildman–Crippen MR) is 61.8 cm³/mol. The lowest BCUT2D eigenvalue weighted by Gasteiger charge is -2.11. The molecule has 0 aliphatic carbocycles. The number of aromatic carboxylic acids is 1. The quantitative estimate of drug-likeness (QED) is 0.881. The van der Waals surface area contributed by atoms with Gasteiger partial charge in [0.2, 0.25) is 0 Å². The molecule has 110 valence electrons. The number of carboxylic acid groups (broad SMARTS) is 1. The van der Waals surface area contributed by atoms with Crippen molar-refractivity contribution < 1.29 is 27.9 Å². The van der Waals surface area contributed by atoms with Gasteiger partial charge < -0.3 is 10.8 Å². The summed E-state index contributed by atoms with van der Waals surface area (Å²) in [5.41, 5.74) is 3.12. The number of primary amides is 1. The Kier molecular flexibility index (Phi) is 3.37. The number of nitrogens with two attached hydrogens (primary N) is 1. The van der Waals surface area contributed by atoms with E-state index in [9.17, 15) is 22.8 Å². The Morgan fingerprint density at radius 3 is 2.43 bits per heavy atom. The molecular formula is C11H7F3N4O3. The summed E-state index contributed by atoms with van der Waals surface area (Å²) in [5.74, 6) is -2.82. The molecule has 0 aliphatic heterocycles. The predicted octanol–water partition coefficient (Wildman–Crippen LogP) is 1.08. The van der Waals surface area contributed by atoms with Crippen LogP contribution in [-0.4, -0.2) is 31.5 Å². The Labute approximate surface area is 114 Å². The number of carbonyl (C=O) groups is 2. The van der Waals surface area contributed by atoms with E-state index in [0.29, 0.717) is 6.07 Å². The van der Waals surface area contributed by atoms with Gasteiger partial charge in [-0.1, -0.05) is 0 Å². The van der Waals surface area contributed by atoms with Crippen LogP contribution in [0.25, 0.3) is 5.82 Å². The Bertz CT molecular complexity index is 724. The molecule has 0 fully saturated rings. The summed E-state index contributed by atoms with van der Waals surface area (Å²) < 4.78 is 38.8. The average molecular weight is 300 g/mol. The van der Waals surface area contributed by atoms with E-state index in [1.807, 2.05) is 0 Å². The molecule has 2 rings (SSSR count). The summed E-state index contributed by atoms with van der Waals surface area (Å²) in [4.78, 5) is 28.8. The highest BCUT2D eigenvalue weighted by Crippen LogP contribution is 2.29. The molecule has 0 spiro atoms. The van der Waals surface area contributed by atoms with E-state index in [-0.39, 0.29) is 5.56 Å². The molecule has 0 radical (unpaired) electrons. The zero-order chi connectivity index (χ0) is 15.8. The molecule has 3 N–H and O–H groups in total. The maximum absolute atomic E-state index is 12.7. The van der Waals surface area contributed by atoms with Gasteiger partial charge in [0.05, 0.1) is 5.56 Å². The van der Waals surface area contributed by atoms with Crippen LogP contribution in [0.3, 0.4) is 0 Å². The molecule has 0 saturated carbocycles. The van der Waals surface area contributed by atoms with Crippen LogP contribution in [0.1, 0.15) is 26.5 Å². The third-order valence-electron chi connectivity index (χ3n) is 2.48. The lowest BCUT2D eigenvalue weighted by Crippen LogP contribution is -2.18. The molecule has 0 unspecified atom stereocenters. The van der Waals surface area contributed by atoms with Crippen LogP contribution in [0.5, 0.6) is 0 Å². The fourth-order valence-corrected chi connectivity index (χ4v) is 1.54. The first-order valence-corrected chi connectivity index (χ1v) is 5.36. The minimum Gasteiger partial charge on any atom is -0.476 e. The summed E-state index contributed by atoms with van der Waals surface area (Å²) in [6, 6.07) is 1.48. The monoisotopic (exact) mass is 300 g/mol. The van der Waals surface area contributed by atoms with Crippen molar-refractivity contribution in [3.05, 3.63) is 41.6 Å². The fraction of sp³-hybridized carbons (Fsp3) is 0.0909. The van der Waals surface area contributed by atoms with Crippen molar-refractivity contribution in [1.82, 2.24) is 14.5 Å². The lowest BCUT2D eigenvalue weighted by atomic mass is 10.2. The Hall–Kier alpha value is -2.91. The van der Waals surface area contributed by atoms with E-state index in [1.165, 1.54) is 0 Å². The van der Waals surface area contributed by atoms with Crippen molar-refractivity contribution in [2.75, 3.05) is 0 Å². The van der Waals surface area contributed by atoms with Gasteiger partial charge in [0.15, 0.2) is 11.5 Å². The van der Waals surface area contributed by atoms with Gasteiger partial charge in [-0.2, -0.15) is 13.2 Å². The van der Waals surface area contributed by atoms with E-state index < -0.39 is 35.3 Å². The number of carboxylic acids is 1. The number of pyridine rings is 1. The summed E-state index contributed by atoms with van der Waals surface area (Å²) in [6.45, 7) is 0. The number of halogens is 3. The molecule has 0 saturated heterocycles. The van der Waals surface area contributed by atoms with E-state index >= 15 is 0 Å². The van der Waals surface area contributed by atoms with Gasteiger partial charge in [0.1, 0.15) is 12.0 Å². The molecular weight excluding hydrogens is 293 g/mol. The molecule has 0 bridgehead atoms. The van der Waals surface area contributed by atoms with Crippen LogP contribution in [0, 0.1) is 0 Å². The highest BCUT2D eigenvalue weighted by atomic mass is 19.4. The van der Waals surface area contributed by atoms with Gasteiger partial charge in [-0.3, -0.25) is 9.36 Å². The summed E-state index contributed by atoms with van der Waals surface area (Å²) in [6.07, 6.45) is -2.86. The number of hydrogen-bond donors (Lipinski definition) is 2. The van der Waals surface area contributed by atoms with Crippen LogP contribution in [-0.2, 0) is 6.18 Å². The maximum atomic E-state index is 12.7. The maximum Gasteiger partial charge on any atom is 0.433 e. The third kappa shape index (κ3) is 2.83. The van der Waals surface area contributed by atoms with Crippen LogP contribution in [0.4, 0.5) is 13.2 Å². The SMILES string of the molecule is NC(=O)c1ccc(C(F)(F)F)nc1-n1cnc(C(=O)O)c1. The van der Waals surface area contributed by atoms with Gasteiger partial charge in [-0.05, 0) is 12.1 Å². The highest BCUT2D eigenvalue weighted by molar-refractivity contribution is 5.96. The molecule has 2 aromatic heterocycles. The van der Waals surface area contributed by atoms with Gasteiger partial charge in [-0.25, -0.2) is 14.8 Å². The third-order valence-corrected chi connectivity index (χ3v) is 2.48. The molecule has 0 aliphatic rings. The first-order valence-electron chi connectivity index (χ1n) is 5.36. The average Bonchev–Trinajstić information content (AvgIpc) is 2.86. The molecule has 1 amide bonds. The molecule has 0 atom stereocenters. The van der Waals surface area contributed by atoms with Crippen molar-refractivity contribution in [3.63, 3.8) is 0 Å². The second-order valence-corrected chi connectivity index (χ2v) is 3.90. The largest absolute Gasteiger partial charge is 0.476 e. The van der Waals surface area contributed by atoms with Gasteiger partial charge >= 0.3 is 12.1 Å². The molecule has 21 heavy (non-hydrogen) atoms.